The second-order valence-corrected chi connectivity index (χ2v) is 6.14. The Labute approximate surface area is 134 Å². The molecule has 0 spiro atoms. The predicted octanol–water partition coefficient (Wildman–Crippen LogP) is 3.62. The van der Waals surface area contributed by atoms with Crippen molar-refractivity contribution in [2.75, 3.05) is 25.0 Å². The minimum atomic E-state index is 0.0184. The minimum Gasteiger partial charge on any atom is -0.371 e. The molecule has 1 fully saturated rings. The molecule has 0 bridgehead atoms. The summed E-state index contributed by atoms with van der Waals surface area (Å²) in [6.07, 6.45) is 4.47. The van der Waals surface area contributed by atoms with Crippen LogP contribution in [0.5, 0.6) is 0 Å². The number of rotatable bonds is 6. The lowest BCUT2D eigenvalue weighted by molar-refractivity contribution is 0.202. The van der Waals surface area contributed by atoms with Crippen molar-refractivity contribution in [3.05, 3.63) is 29.8 Å². The van der Waals surface area contributed by atoms with E-state index >= 15 is 0 Å². The standard InChI is InChI=1S/C18H29N3O/c1-4-16(5-2)19-18(22)20(3)14-15-10-6-7-11-17(15)21-12-8-9-13-21/h6-7,10-11,16H,4-5,8-9,12-14H2,1-3H3,(H,19,22). The van der Waals surface area contributed by atoms with E-state index in [0.29, 0.717) is 6.54 Å². The summed E-state index contributed by atoms with van der Waals surface area (Å²) in [5.41, 5.74) is 2.51. The van der Waals surface area contributed by atoms with Crippen LogP contribution in [0.4, 0.5) is 10.5 Å². The van der Waals surface area contributed by atoms with E-state index in [4.69, 9.17) is 0 Å². The van der Waals surface area contributed by atoms with Crippen molar-refractivity contribution in [3.63, 3.8) is 0 Å². The maximum Gasteiger partial charge on any atom is 0.317 e. The normalized spacial score (nSPS) is 14.5. The molecule has 1 aliphatic heterocycles. The number of carbonyl (C=O) groups is 1. The molecule has 2 amide bonds. The molecule has 1 heterocycles. The molecule has 1 saturated heterocycles. The number of nitrogens with zero attached hydrogens (tertiary/aromatic N) is 2. The van der Waals surface area contributed by atoms with Crippen LogP contribution in [-0.2, 0) is 6.54 Å². The van der Waals surface area contributed by atoms with Crippen LogP contribution in [0.2, 0.25) is 0 Å². The summed E-state index contributed by atoms with van der Waals surface area (Å²) in [5, 5.41) is 3.10. The SMILES string of the molecule is CCC(CC)NC(=O)N(C)Cc1ccccc1N1CCCC1. The first-order valence-electron chi connectivity index (χ1n) is 8.50. The highest BCUT2D eigenvalue weighted by Crippen LogP contribution is 2.25. The summed E-state index contributed by atoms with van der Waals surface area (Å²) in [5.74, 6) is 0. The highest BCUT2D eigenvalue weighted by molar-refractivity contribution is 5.74. The van der Waals surface area contributed by atoms with Gasteiger partial charge in [0.25, 0.3) is 0 Å². The van der Waals surface area contributed by atoms with Gasteiger partial charge in [0.1, 0.15) is 0 Å². The fourth-order valence-corrected chi connectivity index (χ4v) is 3.02. The molecule has 4 nitrogen and oxygen atoms in total. The Morgan fingerprint density at radius 1 is 1.23 bits per heavy atom. The van der Waals surface area contributed by atoms with Gasteiger partial charge in [0.2, 0.25) is 0 Å². The Kier molecular flexibility index (Phi) is 6.10. The number of anilines is 1. The Hall–Kier alpha value is -1.71. The summed E-state index contributed by atoms with van der Waals surface area (Å²) in [6.45, 7) is 7.12. The molecule has 0 radical (unpaired) electrons. The van der Waals surface area contributed by atoms with Gasteiger partial charge in [0.05, 0.1) is 0 Å². The van der Waals surface area contributed by atoms with Crippen LogP contribution < -0.4 is 10.2 Å². The van der Waals surface area contributed by atoms with Crippen LogP contribution in [0.1, 0.15) is 45.1 Å². The van der Waals surface area contributed by atoms with Gasteiger partial charge in [-0.3, -0.25) is 0 Å². The third-order valence-corrected chi connectivity index (χ3v) is 4.51. The fourth-order valence-electron chi connectivity index (χ4n) is 3.02. The average Bonchev–Trinajstić information content (AvgIpc) is 3.07. The summed E-state index contributed by atoms with van der Waals surface area (Å²) < 4.78 is 0. The molecule has 4 heteroatoms. The Morgan fingerprint density at radius 2 is 1.86 bits per heavy atom. The number of hydrogen-bond donors (Lipinski definition) is 1. The van der Waals surface area contributed by atoms with Crippen molar-refractivity contribution in [3.8, 4) is 0 Å². The zero-order valence-corrected chi connectivity index (χ0v) is 14.1. The van der Waals surface area contributed by atoms with Gasteiger partial charge >= 0.3 is 6.03 Å². The lowest BCUT2D eigenvalue weighted by atomic mass is 10.1. The van der Waals surface area contributed by atoms with E-state index < -0.39 is 0 Å². The molecule has 1 aromatic rings. The van der Waals surface area contributed by atoms with E-state index in [1.165, 1.54) is 24.1 Å². The summed E-state index contributed by atoms with van der Waals surface area (Å²) >= 11 is 0. The van der Waals surface area contributed by atoms with Gasteiger partial charge in [-0.1, -0.05) is 32.0 Å². The molecule has 1 N–H and O–H groups in total. The smallest absolute Gasteiger partial charge is 0.317 e. The minimum absolute atomic E-state index is 0.0184. The third-order valence-electron chi connectivity index (χ3n) is 4.51. The van der Waals surface area contributed by atoms with E-state index in [0.717, 1.165) is 25.9 Å². The van der Waals surface area contributed by atoms with Crippen molar-refractivity contribution in [1.29, 1.82) is 0 Å². The third kappa shape index (κ3) is 4.15. The number of benzene rings is 1. The van der Waals surface area contributed by atoms with Crippen LogP contribution in [-0.4, -0.2) is 37.1 Å². The van der Waals surface area contributed by atoms with Crippen molar-refractivity contribution in [2.45, 2.75) is 52.1 Å². The van der Waals surface area contributed by atoms with Crippen LogP contribution in [0, 0.1) is 0 Å². The number of para-hydroxylation sites is 1. The highest BCUT2D eigenvalue weighted by Gasteiger charge is 2.18. The first kappa shape index (κ1) is 16.7. The van der Waals surface area contributed by atoms with Crippen LogP contribution in [0.25, 0.3) is 0 Å². The number of carbonyl (C=O) groups excluding carboxylic acids is 1. The first-order valence-corrected chi connectivity index (χ1v) is 8.50. The molecular formula is C18H29N3O. The molecule has 0 aliphatic carbocycles. The molecule has 0 unspecified atom stereocenters. The van der Waals surface area contributed by atoms with Crippen molar-refractivity contribution < 1.29 is 4.79 Å². The zero-order chi connectivity index (χ0) is 15.9. The quantitative estimate of drug-likeness (QED) is 0.871. The van der Waals surface area contributed by atoms with Gasteiger partial charge in [0.15, 0.2) is 0 Å². The number of hydrogen-bond acceptors (Lipinski definition) is 2. The van der Waals surface area contributed by atoms with E-state index in [1.807, 2.05) is 7.05 Å². The van der Waals surface area contributed by atoms with Crippen LogP contribution in [0.15, 0.2) is 24.3 Å². The second-order valence-electron chi connectivity index (χ2n) is 6.14. The lowest BCUT2D eigenvalue weighted by Gasteiger charge is -2.26. The molecular weight excluding hydrogens is 274 g/mol. The number of urea groups is 1. The van der Waals surface area contributed by atoms with Crippen molar-refractivity contribution in [1.82, 2.24) is 10.2 Å². The Balaban J connectivity index is 2.02. The van der Waals surface area contributed by atoms with Gasteiger partial charge in [-0.2, -0.15) is 0 Å². The van der Waals surface area contributed by atoms with E-state index in [2.05, 4.69) is 48.3 Å². The summed E-state index contributed by atoms with van der Waals surface area (Å²) in [7, 11) is 1.87. The first-order chi connectivity index (χ1) is 10.7. The van der Waals surface area contributed by atoms with Crippen LogP contribution in [0.3, 0.4) is 0 Å². The molecule has 122 valence electrons. The molecule has 0 saturated carbocycles. The summed E-state index contributed by atoms with van der Waals surface area (Å²) in [4.78, 5) is 16.5. The summed E-state index contributed by atoms with van der Waals surface area (Å²) in [6, 6.07) is 8.74. The highest BCUT2D eigenvalue weighted by atomic mass is 16.2. The predicted molar refractivity (Wildman–Crippen MR) is 92.3 cm³/mol. The number of nitrogens with one attached hydrogen (secondary N) is 1. The van der Waals surface area contributed by atoms with E-state index in [-0.39, 0.29) is 12.1 Å². The Bertz CT molecular complexity index is 479. The Morgan fingerprint density at radius 3 is 2.50 bits per heavy atom. The molecule has 0 aromatic heterocycles. The van der Waals surface area contributed by atoms with E-state index in [1.54, 1.807) is 4.90 Å². The topological polar surface area (TPSA) is 35.6 Å². The fraction of sp³-hybridized carbons (Fsp3) is 0.611. The molecule has 2 rings (SSSR count). The average molecular weight is 303 g/mol. The molecule has 0 atom stereocenters. The lowest BCUT2D eigenvalue weighted by Crippen LogP contribution is -2.42. The molecule has 22 heavy (non-hydrogen) atoms. The zero-order valence-electron chi connectivity index (χ0n) is 14.1. The molecule has 1 aliphatic rings. The van der Waals surface area contributed by atoms with Crippen molar-refractivity contribution >= 4 is 11.7 Å². The van der Waals surface area contributed by atoms with Crippen molar-refractivity contribution in [2.24, 2.45) is 0 Å². The van der Waals surface area contributed by atoms with Gasteiger partial charge in [-0.25, -0.2) is 4.79 Å². The van der Waals surface area contributed by atoms with Crippen LogP contribution >= 0.6 is 0 Å². The van der Waals surface area contributed by atoms with Gasteiger partial charge in [-0.15, -0.1) is 0 Å². The monoisotopic (exact) mass is 303 g/mol. The maximum absolute atomic E-state index is 12.3. The van der Waals surface area contributed by atoms with E-state index in [9.17, 15) is 4.79 Å². The number of amides is 2. The van der Waals surface area contributed by atoms with Gasteiger partial charge in [0, 0.05) is 38.4 Å². The van der Waals surface area contributed by atoms with Gasteiger partial charge < -0.3 is 15.1 Å². The largest absolute Gasteiger partial charge is 0.371 e. The van der Waals surface area contributed by atoms with Gasteiger partial charge in [-0.05, 0) is 37.3 Å². The molecule has 1 aromatic carbocycles. The maximum atomic E-state index is 12.3. The second kappa shape index (κ2) is 8.06.